The van der Waals surface area contributed by atoms with Crippen LogP contribution in [0.1, 0.15) is 24.6 Å². The number of rotatable bonds is 5. The van der Waals surface area contributed by atoms with Gasteiger partial charge in [-0.05, 0) is 43.7 Å². The van der Waals surface area contributed by atoms with E-state index in [1.807, 2.05) is 18.3 Å². The van der Waals surface area contributed by atoms with Gasteiger partial charge in [-0.15, -0.1) is 0 Å². The normalized spacial score (nSPS) is 18.0. The highest BCUT2D eigenvalue weighted by molar-refractivity contribution is 5.92. The topological polar surface area (TPSA) is 91.3 Å². The number of H-pyrrole nitrogens is 1. The highest BCUT2D eigenvalue weighted by Gasteiger charge is 2.28. The number of nitro benzene ring substituents is 1. The fourth-order valence-corrected chi connectivity index (χ4v) is 2.97. The van der Waals surface area contributed by atoms with Crippen LogP contribution in [0.2, 0.25) is 0 Å². The van der Waals surface area contributed by atoms with Crippen LogP contribution >= 0.6 is 0 Å². The Morgan fingerprint density at radius 2 is 2.13 bits per heavy atom. The smallest absolute Gasteiger partial charge is 0.269 e. The van der Waals surface area contributed by atoms with Crippen molar-refractivity contribution in [3.05, 3.63) is 58.4 Å². The minimum atomic E-state index is -0.462. The van der Waals surface area contributed by atoms with Crippen LogP contribution in [0.5, 0.6) is 0 Å². The van der Waals surface area contributed by atoms with Gasteiger partial charge in [-0.1, -0.05) is 0 Å². The second-order valence-corrected chi connectivity index (χ2v) is 5.61. The number of nitro groups is 1. The van der Waals surface area contributed by atoms with Crippen LogP contribution in [0.4, 0.5) is 11.4 Å². The van der Waals surface area contributed by atoms with Crippen molar-refractivity contribution >= 4 is 17.3 Å². The molecule has 3 rings (SSSR count). The van der Waals surface area contributed by atoms with Crippen LogP contribution in [0, 0.1) is 10.1 Å². The average Bonchev–Trinajstić information content (AvgIpc) is 3.18. The summed E-state index contributed by atoms with van der Waals surface area (Å²) >= 11 is 0. The van der Waals surface area contributed by atoms with E-state index in [9.17, 15) is 14.9 Å². The molecule has 1 fully saturated rings. The van der Waals surface area contributed by atoms with Gasteiger partial charge in [-0.3, -0.25) is 19.8 Å². The van der Waals surface area contributed by atoms with Crippen molar-refractivity contribution in [2.75, 3.05) is 18.4 Å². The third-order valence-corrected chi connectivity index (χ3v) is 4.05. The van der Waals surface area contributed by atoms with Crippen LogP contribution < -0.4 is 5.32 Å². The van der Waals surface area contributed by atoms with Gasteiger partial charge in [-0.2, -0.15) is 0 Å². The van der Waals surface area contributed by atoms with Crippen molar-refractivity contribution in [2.45, 2.75) is 18.9 Å². The molecule has 7 heteroatoms. The summed E-state index contributed by atoms with van der Waals surface area (Å²) in [4.78, 5) is 27.7. The molecule has 1 aliphatic heterocycles. The van der Waals surface area contributed by atoms with E-state index in [0.717, 1.165) is 25.1 Å². The number of carbonyl (C=O) groups excluding carboxylic acids is 1. The monoisotopic (exact) mass is 314 g/mol. The highest BCUT2D eigenvalue weighted by atomic mass is 16.6. The zero-order chi connectivity index (χ0) is 16.2. The predicted molar refractivity (Wildman–Crippen MR) is 86.1 cm³/mol. The summed E-state index contributed by atoms with van der Waals surface area (Å²) in [6.45, 7) is 1.19. The second kappa shape index (κ2) is 6.62. The second-order valence-electron chi connectivity index (χ2n) is 5.61. The Balaban J connectivity index is 1.59. The maximum absolute atomic E-state index is 12.2. The number of nitrogens with one attached hydrogen (secondary N) is 2. The predicted octanol–water partition coefficient (Wildman–Crippen LogP) is 2.70. The van der Waals surface area contributed by atoms with E-state index in [-0.39, 0.29) is 17.6 Å². The molecule has 7 nitrogen and oxygen atoms in total. The van der Waals surface area contributed by atoms with Gasteiger partial charge >= 0.3 is 0 Å². The van der Waals surface area contributed by atoms with Crippen LogP contribution in [0.3, 0.4) is 0 Å². The molecular weight excluding hydrogens is 296 g/mol. The van der Waals surface area contributed by atoms with Crippen LogP contribution in [-0.4, -0.2) is 33.8 Å². The third kappa shape index (κ3) is 3.57. The van der Waals surface area contributed by atoms with E-state index in [1.165, 1.54) is 12.1 Å². The molecule has 2 N–H and O–H groups in total. The molecule has 1 aromatic heterocycles. The zero-order valence-corrected chi connectivity index (χ0v) is 12.6. The number of aromatic amines is 1. The fourth-order valence-electron chi connectivity index (χ4n) is 2.97. The number of anilines is 1. The molecule has 2 heterocycles. The van der Waals surface area contributed by atoms with E-state index in [0.29, 0.717) is 12.2 Å². The van der Waals surface area contributed by atoms with E-state index in [1.54, 1.807) is 12.1 Å². The van der Waals surface area contributed by atoms with Crippen molar-refractivity contribution in [1.29, 1.82) is 0 Å². The van der Waals surface area contributed by atoms with E-state index >= 15 is 0 Å². The van der Waals surface area contributed by atoms with Crippen molar-refractivity contribution in [2.24, 2.45) is 0 Å². The Kier molecular flexibility index (Phi) is 4.38. The first-order valence-electron chi connectivity index (χ1n) is 7.55. The van der Waals surface area contributed by atoms with Crippen molar-refractivity contribution < 1.29 is 9.72 Å². The summed E-state index contributed by atoms with van der Waals surface area (Å²) in [5.41, 5.74) is 1.70. The van der Waals surface area contributed by atoms with Gasteiger partial charge in [0, 0.05) is 29.7 Å². The first-order chi connectivity index (χ1) is 11.1. The maximum atomic E-state index is 12.2. The minimum Gasteiger partial charge on any atom is -0.364 e. The number of carbonyl (C=O) groups is 1. The molecule has 0 bridgehead atoms. The molecule has 2 aromatic rings. The first kappa shape index (κ1) is 15.2. The molecule has 0 spiro atoms. The van der Waals surface area contributed by atoms with E-state index in [2.05, 4.69) is 15.2 Å². The quantitative estimate of drug-likeness (QED) is 0.655. The third-order valence-electron chi connectivity index (χ3n) is 4.05. The zero-order valence-electron chi connectivity index (χ0n) is 12.6. The Morgan fingerprint density at radius 1 is 1.35 bits per heavy atom. The summed E-state index contributed by atoms with van der Waals surface area (Å²) in [5.74, 6) is -0.114. The Hall–Kier alpha value is -2.67. The lowest BCUT2D eigenvalue weighted by atomic mass is 10.1. The molecular formula is C16H18N4O3. The molecule has 0 saturated carbocycles. The van der Waals surface area contributed by atoms with Gasteiger partial charge < -0.3 is 10.3 Å². The number of hydrogen-bond donors (Lipinski definition) is 2. The average molecular weight is 314 g/mol. The lowest BCUT2D eigenvalue weighted by Gasteiger charge is -2.23. The van der Waals surface area contributed by atoms with Crippen LogP contribution in [-0.2, 0) is 4.79 Å². The Bertz CT molecular complexity index is 682. The number of benzene rings is 1. The van der Waals surface area contributed by atoms with Gasteiger partial charge in [0.15, 0.2) is 0 Å². The van der Waals surface area contributed by atoms with Crippen LogP contribution in [0.15, 0.2) is 42.6 Å². The van der Waals surface area contributed by atoms with Crippen molar-refractivity contribution in [1.82, 2.24) is 9.88 Å². The molecule has 0 unspecified atom stereocenters. The van der Waals surface area contributed by atoms with Gasteiger partial charge in [0.05, 0.1) is 17.5 Å². The molecule has 1 aromatic carbocycles. The number of likely N-dealkylation sites (tertiary alicyclic amines) is 1. The minimum absolute atomic E-state index is 0.00866. The molecule has 1 aliphatic rings. The summed E-state index contributed by atoms with van der Waals surface area (Å²) < 4.78 is 0. The van der Waals surface area contributed by atoms with Gasteiger partial charge in [-0.25, -0.2) is 0 Å². The van der Waals surface area contributed by atoms with E-state index in [4.69, 9.17) is 0 Å². The van der Waals surface area contributed by atoms with Crippen molar-refractivity contribution in [3.63, 3.8) is 0 Å². The van der Waals surface area contributed by atoms with E-state index < -0.39 is 4.92 Å². The summed E-state index contributed by atoms with van der Waals surface area (Å²) in [6.07, 6.45) is 3.99. The summed E-state index contributed by atoms with van der Waals surface area (Å²) in [7, 11) is 0. The number of nitrogens with zero attached hydrogens (tertiary/aromatic N) is 2. The molecule has 23 heavy (non-hydrogen) atoms. The number of hydrogen-bond acceptors (Lipinski definition) is 4. The molecule has 0 aliphatic carbocycles. The summed E-state index contributed by atoms with van der Waals surface area (Å²) in [6, 6.07) is 10.1. The molecule has 1 saturated heterocycles. The lowest BCUT2D eigenvalue weighted by Crippen LogP contribution is -2.33. The lowest BCUT2D eigenvalue weighted by molar-refractivity contribution is -0.384. The van der Waals surface area contributed by atoms with Gasteiger partial charge in [0.1, 0.15) is 0 Å². The number of amides is 1. The van der Waals surface area contributed by atoms with Gasteiger partial charge in [0.25, 0.3) is 5.69 Å². The van der Waals surface area contributed by atoms with Crippen LogP contribution in [0.25, 0.3) is 0 Å². The first-order valence-corrected chi connectivity index (χ1v) is 7.55. The SMILES string of the molecule is O=C(CN1CCC[C@H]1c1ccc[nH]1)Nc1ccc([N+](=O)[O-])cc1. The van der Waals surface area contributed by atoms with Crippen molar-refractivity contribution in [3.8, 4) is 0 Å². The Morgan fingerprint density at radius 3 is 2.78 bits per heavy atom. The largest absolute Gasteiger partial charge is 0.364 e. The molecule has 1 atom stereocenters. The fraction of sp³-hybridized carbons (Fsp3) is 0.312. The molecule has 120 valence electrons. The summed E-state index contributed by atoms with van der Waals surface area (Å²) in [5, 5.41) is 13.4. The standard InChI is InChI=1S/C16H18N4O3/c21-16(18-12-5-7-13(8-6-12)20(22)23)11-19-10-2-4-15(19)14-3-1-9-17-14/h1,3,5-9,15,17H,2,4,10-11H2,(H,18,21)/t15-/m0/s1. The number of aromatic nitrogens is 1. The Labute approximate surface area is 133 Å². The molecule has 1 amide bonds. The maximum Gasteiger partial charge on any atom is 0.269 e. The number of non-ortho nitro benzene ring substituents is 1. The highest BCUT2D eigenvalue weighted by Crippen LogP contribution is 2.30. The molecule has 0 radical (unpaired) electrons. The van der Waals surface area contributed by atoms with Gasteiger partial charge in [0.2, 0.25) is 5.91 Å².